The summed E-state index contributed by atoms with van der Waals surface area (Å²) in [4.78, 5) is 9.28. The van der Waals surface area contributed by atoms with Gasteiger partial charge in [0.2, 0.25) is 5.89 Å². The van der Waals surface area contributed by atoms with E-state index in [-0.39, 0.29) is 0 Å². The van der Waals surface area contributed by atoms with Gasteiger partial charge in [-0.1, -0.05) is 84.9 Å². The van der Waals surface area contributed by atoms with Crippen molar-refractivity contribution in [3.63, 3.8) is 0 Å². The number of oxazole rings is 1. The molecular weight excluding hydrogens is 550 g/mol. The molecule has 0 fully saturated rings. The minimum absolute atomic E-state index is 0.618. The predicted octanol–water partition coefficient (Wildman–Crippen LogP) is 11.6. The van der Waals surface area contributed by atoms with Gasteiger partial charge >= 0.3 is 0 Å². The van der Waals surface area contributed by atoms with E-state index in [1.807, 2.05) is 30.3 Å². The van der Waals surface area contributed by atoms with Crippen LogP contribution in [-0.2, 0) is 0 Å². The Balaban J connectivity index is 1.19. The molecular formula is C41H29N3O. The summed E-state index contributed by atoms with van der Waals surface area (Å²) in [5.41, 5.74) is 9.10. The molecule has 0 aliphatic rings. The van der Waals surface area contributed by atoms with Gasteiger partial charge in [0, 0.05) is 39.4 Å². The first-order valence-corrected chi connectivity index (χ1v) is 15.1. The lowest BCUT2D eigenvalue weighted by atomic mass is 10.1. The summed E-state index contributed by atoms with van der Waals surface area (Å²) in [5, 5.41) is 2.42. The van der Waals surface area contributed by atoms with Crippen molar-refractivity contribution in [2.24, 2.45) is 0 Å². The minimum atomic E-state index is 0.618. The van der Waals surface area contributed by atoms with Gasteiger partial charge in [-0.15, -0.1) is 0 Å². The lowest BCUT2D eigenvalue weighted by Crippen LogP contribution is -2.12. The van der Waals surface area contributed by atoms with Crippen molar-refractivity contribution >= 4 is 56.0 Å². The zero-order valence-corrected chi connectivity index (χ0v) is 24.5. The second kappa shape index (κ2) is 11.5. The third-order valence-electron chi connectivity index (χ3n) is 8.07. The molecule has 45 heavy (non-hydrogen) atoms. The lowest BCUT2D eigenvalue weighted by Gasteiger charge is -2.29. The summed E-state index contributed by atoms with van der Waals surface area (Å²) in [6, 6.07) is 61.1. The largest absolute Gasteiger partial charge is 0.436 e. The molecule has 0 spiro atoms. The van der Waals surface area contributed by atoms with Gasteiger partial charge in [0.1, 0.15) is 5.52 Å². The van der Waals surface area contributed by atoms with E-state index >= 15 is 0 Å². The fraction of sp³-hybridized carbons (Fsp3) is 0. The van der Waals surface area contributed by atoms with Crippen LogP contribution in [0.15, 0.2) is 180 Å². The Morgan fingerprint density at radius 3 is 1.60 bits per heavy atom. The first kappa shape index (κ1) is 26.5. The fourth-order valence-electron chi connectivity index (χ4n) is 5.93. The van der Waals surface area contributed by atoms with Crippen LogP contribution < -0.4 is 9.80 Å². The number of benzene rings is 7. The summed E-state index contributed by atoms with van der Waals surface area (Å²) in [5.74, 6) is 0.618. The molecule has 214 valence electrons. The molecule has 0 aliphatic heterocycles. The molecule has 0 radical (unpaired) electrons. The summed E-state index contributed by atoms with van der Waals surface area (Å²) in [6.45, 7) is 0. The zero-order chi connectivity index (χ0) is 30.0. The van der Waals surface area contributed by atoms with Crippen LogP contribution in [0, 0.1) is 0 Å². The molecule has 0 aliphatic carbocycles. The molecule has 1 heterocycles. The van der Waals surface area contributed by atoms with Crippen molar-refractivity contribution in [3.05, 3.63) is 176 Å². The van der Waals surface area contributed by atoms with E-state index in [1.165, 1.54) is 10.8 Å². The van der Waals surface area contributed by atoms with Crippen molar-refractivity contribution in [2.75, 3.05) is 9.80 Å². The van der Waals surface area contributed by atoms with Gasteiger partial charge in [0.25, 0.3) is 0 Å². The molecule has 4 nitrogen and oxygen atoms in total. The van der Waals surface area contributed by atoms with Gasteiger partial charge in [-0.25, -0.2) is 4.98 Å². The average Bonchev–Trinajstić information content (AvgIpc) is 3.55. The highest BCUT2D eigenvalue weighted by Gasteiger charge is 2.18. The second-order valence-corrected chi connectivity index (χ2v) is 10.9. The van der Waals surface area contributed by atoms with E-state index in [2.05, 4.69) is 160 Å². The number of aromatic nitrogens is 1. The Bertz CT molecular complexity index is 2170. The second-order valence-electron chi connectivity index (χ2n) is 10.9. The maximum absolute atomic E-state index is 6.03. The van der Waals surface area contributed by atoms with E-state index in [1.54, 1.807) is 0 Å². The summed E-state index contributed by atoms with van der Waals surface area (Å²) < 4.78 is 6.03. The normalized spacial score (nSPS) is 11.1. The van der Waals surface area contributed by atoms with E-state index in [0.29, 0.717) is 5.89 Å². The highest BCUT2D eigenvalue weighted by Crippen LogP contribution is 2.41. The number of nitrogens with zero attached hydrogens (tertiary/aromatic N) is 3. The topological polar surface area (TPSA) is 32.5 Å². The molecule has 0 saturated carbocycles. The van der Waals surface area contributed by atoms with Crippen LogP contribution in [0.5, 0.6) is 0 Å². The number of hydrogen-bond donors (Lipinski definition) is 0. The van der Waals surface area contributed by atoms with E-state index < -0.39 is 0 Å². The fourth-order valence-corrected chi connectivity index (χ4v) is 5.93. The standard InChI is InChI=1S/C41H29N3O/c1-3-14-32(15-4-1)43(34-24-22-31(23-25-34)41-42-38-19-9-10-21-40(38)45-41)35-26-28-36(29-27-35)44(33-16-5-2-6-17-33)39-20-11-13-30-12-7-8-18-37(30)39/h1-29H. The Morgan fingerprint density at radius 2 is 0.911 bits per heavy atom. The maximum atomic E-state index is 6.03. The molecule has 0 N–H and O–H groups in total. The molecule has 0 saturated heterocycles. The maximum Gasteiger partial charge on any atom is 0.227 e. The highest BCUT2D eigenvalue weighted by atomic mass is 16.3. The minimum Gasteiger partial charge on any atom is -0.436 e. The molecule has 0 unspecified atom stereocenters. The van der Waals surface area contributed by atoms with Gasteiger partial charge in [-0.3, -0.25) is 0 Å². The number of rotatable bonds is 7. The van der Waals surface area contributed by atoms with Crippen LogP contribution in [-0.4, -0.2) is 4.98 Å². The number of fused-ring (bicyclic) bond motifs is 2. The molecule has 0 amide bonds. The SMILES string of the molecule is c1ccc(N(c2ccc(-c3nc4ccccc4o3)cc2)c2ccc(N(c3ccccc3)c3cccc4ccccc34)cc2)cc1. The molecule has 0 bridgehead atoms. The van der Waals surface area contributed by atoms with Crippen LogP contribution in [0.1, 0.15) is 0 Å². The van der Waals surface area contributed by atoms with Gasteiger partial charge in [-0.05, 0) is 96.4 Å². The Labute approximate surface area is 262 Å². The van der Waals surface area contributed by atoms with Gasteiger partial charge in [0.05, 0.1) is 5.69 Å². The van der Waals surface area contributed by atoms with Crippen molar-refractivity contribution in [1.82, 2.24) is 4.98 Å². The van der Waals surface area contributed by atoms with Gasteiger partial charge in [0.15, 0.2) is 5.58 Å². The third-order valence-corrected chi connectivity index (χ3v) is 8.07. The molecule has 1 aromatic heterocycles. The quantitative estimate of drug-likeness (QED) is 0.188. The molecule has 8 rings (SSSR count). The molecule has 7 aromatic carbocycles. The van der Waals surface area contributed by atoms with Crippen molar-refractivity contribution in [2.45, 2.75) is 0 Å². The highest BCUT2D eigenvalue weighted by molar-refractivity contribution is 5.99. The molecule has 8 aromatic rings. The average molecular weight is 580 g/mol. The van der Waals surface area contributed by atoms with Crippen LogP contribution in [0.25, 0.3) is 33.3 Å². The Morgan fingerprint density at radius 1 is 0.400 bits per heavy atom. The first-order chi connectivity index (χ1) is 22.3. The van der Waals surface area contributed by atoms with Crippen molar-refractivity contribution in [3.8, 4) is 11.5 Å². The summed E-state index contributed by atoms with van der Waals surface area (Å²) >= 11 is 0. The number of hydrogen-bond acceptors (Lipinski definition) is 4. The van der Waals surface area contributed by atoms with Crippen molar-refractivity contribution < 1.29 is 4.42 Å². The van der Waals surface area contributed by atoms with E-state index in [9.17, 15) is 0 Å². The van der Waals surface area contributed by atoms with Crippen LogP contribution in [0.3, 0.4) is 0 Å². The van der Waals surface area contributed by atoms with Gasteiger partial charge < -0.3 is 14.2 Å². The van der Waals surface area contributed by atoms with Crippen molar-refractivity contribution in [1.29, 1.82) is 0 Å². The third kappa shape index (κ3) is 5.09. The first-order valence-electron chi connectivity index (χ1n) is 15.1. The monoisotopic (exact) mass is 579 g/mol. The molecule has 0 atom stereocenters. The van der Waals surface area contributed by atoms with Crippen LogP contribution >= 0.6 is 0 Å². The Kier molecular flexibility index (Phi) is 6.78. The predicted molar refractivity (Wildman–Crippen MR) is 186 cm³/mol. The summed E-state index contributed by atoms with van der Waals surface area (Å²) in [6.07, 6.45) is 0. The smallest absolute Gasteiger partial charge is 0.227 e. The Hall–Kier alpha value is -6.13. The van der Waals surface area contributed by atoms with E-state index in [0.717, 1.165) is 50.8 Å². The lowest BCUT2D eigenvalue weighted by molar-refractivity contribution is 0.620. The van der Waals surface area contributed by atoms with Crippen LogP contribution in [0.4, 0.5) is 34.1 Å². The number of anilines is 6. The number of para-hydroxylation sites is 4. The van der Waals surface area contributed by atoms with Crippen LogP contribution in [0.2, 0.25) is 0 Å². The zero-order valence-electron chi connectivity index (χ0n) is 24.5. The summed E-state index contributed by atoms with van der Waals surface area (Å²) in [7, 11) is 0. The molecule has 4 heteroatoms. The van der Waals surface area contributed by atoms with E-state index in [4.69, 9.17) is 4.42 Å². The van der Waals surface area contributed by atoms with Gasteiger partial charge in [-0.2, -0.15) is 0 Å².